The third-order valence-corrected chi connectivity index (χ3v) is 3.48. The number of aromatic nitrogens is 1. The summed E-state index contributed by atoms with van der Waals surface area (Å²) in [7, 11) is 1.82. The lowest BCUT2D eigenvalue weighted by atomic mass is 10.1. The molecular formula is C19H24N2O2. The molecule has 0 unspecified atom stereocenters. The van der Waals surface area contributed by atoms with Gasteiger partial charge in [0.15, 0.2) is 0 Å². The number of carbonyl (C=O) groups is 1. The van der Waals surface area contributed by atoms with Gasteiger partial charge in [0.05, 0.1) is 13.0 Å². The van der Waals surface area contributed by atoms with Gasteiger partial charge in [-0.05, 0) is 29.7 Å². The number of hydrogen-bond donors (Lipinski definition) is 0. The van der Waals surface area contributed by atoms with Crippen molar-refractivity contribution >= 4 is 5.91 Å². The van der Waals surface area contributed by atoms with Crippen molar-refractivity contribution in [3.8, 4) is 5.75 Å². The maximum Gasteiger partial charge on any atom is 0.227 e. The largest absolute Gasteiger partial charge is 0.493 e. The minimum absolute atomic E-state index is 0.0786. The number of benzene rings is 1. The van der Waals surface area contributed by atoms with Crippen molar-refractivity contribution in [2.24, 2.45) is 5.92 Å². The molecule has 2 rings (SSSR count). The van der Waals surface area contributed by atoms with Crippen LogP contribution in [-0.4, -0.2) is 29.4 Å². The first kappa shape index (κ1) is 17.0. The molecule has 0 saturated carbocycles. The molecule has 2 aromatic rings. The number of pyridine rings is 1. The van der Waals surface area contributed by atoms with E-state index in [4.69, 9.17) is 4.74 Å². The van der Waals surface area contributed by atoms with Crippen LogP contribution in [0, 0.1) is 5.92 Å². The SMILES string of the molecule is CC(C)COc1ccccc1CN(C)C(=O)Cc1ccncc1. The van der Waals surface area contributed by atoms with Crippen LogP contribution in [0.15, 0.2) is 48.8 Å². The average molecular weight is 312 g/mol. The quantitative estimate of drug-likeness (QED) is 0.787. The monoisotopic (exact) mass is 312 g/mol. The molecule has 1 amide bonds. The predicted molar refractivity (Wildman–Crippen MR) is 91.2 cm³/mol. The van der Waals surface area contributed by atoms with Gasteiger partial charge in [0.1, 0.15) is 5.75 Å². The molecule has 0 aliphatic heterocycles. The highest BCUT2D eigenvalue weighted by Gasteiger charge is 2.13. The van der Waals surface area contributed by atoms with Gasteiger partial charge in [0, 0.05) is 31.5 Å². The summed E-state index contributed by atoms with van der Waals surface area (Å²) in [5, 5.41) is 0. The van der Waals surface area contributed by atoms with Gasteiger partial charge in [-0.2, -0.15) is 0 Å². The molecule has 0 aliphatic rings. The summed E-state index contributed by atoms with van der Waals surface area (Å²) in [5.74, 6) is 1.40. The van der Waals surface area contributed by atoms with Crippen LogP contribution in [0.4, 0.5) is 0 Å². The summed E-state index contributed by atoms with van der Waals surface area (Å²) in [4.78, 5) is 18.1. The van der Waals surface area contributed by atoms with E-state index < -0.39 is 0 Å². The molecule has 0 atom stereocenters. The average Bonchev–Trinajstić information content (AvgIpc) is 2.54. The van der Waals surface area contributed by atoms with Gasteiger partial charge < -0.3 is 9.64 Å². The zero-order chi connectivity index (χ0) is 16.7. The highest BCUT2D eigenvalue weighted by Crippen LogP contribution is 2.20. The predicted octanol–water partition coefficient (Wildman–Crippen LogP) is 3.32. The fourth-order valence-electron chi connectivity index (χ4n) is 2.19. The molecule has 1 aromatic carbocycles. The van der Waals surface area contributed by atoms with Crippen LogP contribution in [0.5, 0.6) is 5.75 Å². The molecular weight excluding hydrogens is 288 g/mol. The van der Waals surface area contributed by atoms with Crippen LogP contribution >= 0.6 is 0 Å². The molecule has 4 nitrogen and oxygen atoms in total. The Morgan fingerprint density at radius 2 is 1.87 bits per heavy atom. The Kier molecular flexibility index (Phi) is 6.15. The van der Waals surface area contributed by atoms with Crippen LogP contribution in [-0.2, 0) is 17.8 Å². The van der Waals surface area contributed by atoms with E-state index >= 15 is 0 Å². The van der Waals surface area contributed by atoms with Gasteiger partial charge >= 0.3 is 0 Å². The minimum atomic E-state index is 0.0786. The van der Waals surface area contributed by atoms with Gasteiger partial charge in [-0.1, -0.05) is 32.0 Å². The van der Waals surface area contributed by atoms with Crippen LogP contribution < -0.4 is 4.74 Å². The Morgan fingerprint density at radius 1 is 1.17 bits per heavy atom. The molecule has 23 heavy (non-hydrogen) atoms. The molecule has 1 aromatic heterocycles. The minimum Gasteiger partial charge on any atom is -0.493 e. The number of ether oxygens (including phenoxy) is 1. The van der Waals surface area contributed by atoms with Crippen molar-refractivity contribution in [1.82, 2.24) is 9.88 Å². The normalized spacial score (nSPS) is 10.6. The Morgan fingerprint density at radius 3 is 2.57 bits per heavy atom. The van der Waals surface area contributed by atoms with Gasteiger partial charge in [-0.25, -0.2) is 0 Å². The first-order valence-electron chi connectivity index (χ1n) is 7.90. The highest BCUT2D eigenvalue weighted by atomic mass is 16.5. The Hall–Kier alpha value is -2.36. The summed E-state index contributed by atoms with van der Waals surface area (Å²) >= 11 is 0. The van der Waals surface area contributed by atoms with E-state index in [1.165, 1.54) is 0 Å². The number of likely N-dealkylation sites (N-methyl/N-ethyl adjacent to an activating group) is 1. The van der Waals surface area contributed by atoms with Gasteiger partial charge in [0.25, 0.3) is 0 Å². The second-order valence-electron chi connectivity index (χ2n) is 6.09. The summed E-state index contributed by atoms with van der Waals surface area (Å²) in [5.41, 5.74) is 2.00. The third-order valence-electron chi connectivity index (χ3n) is 3.48. The van der Waals surface area contributed by atoms with Crippen molar-refractivity contribution in [2.75, 3.05) is 13.7 Å². The zero-order valence-electron chi connectivity index (χ0n) is 14.0. The summed E-state index contributed by atoms with van der Waals surface area (Å²) < 4.78 is 5.85. The molecule has 4 heteroatoms. The van der Waals surface area contributed by atoms with Gasteiger partial charge in [-0.3, -0.25) is 9.78 Å². The third kappa shape index (κ3) is 5.40. The molecule has 0 bridgehead atoms. The Balaban J connectivity index is 1.99. The van der Waals surface area contributed by atoms with Gasteiger partial charge in [0.2, 0.25) is 5.91 Å². The molecule has 0 aliphatic carbocycles. The van der Waals surface area contributed by atoms with E-state index in [1.807, 2.05) is 43.4 Å². The summed E-state index contributed by atoms with van der Waals surface area (Å²) in [6.07, 6.45) is 3.80. The van der Waals surface area contributed by atoms with E-state index in [9.17, 15) is 4.79 Å². The van der Waals surface area contributed by atoms with Gasteiger partial charge in [-0.15, -0.1) is 0 Å². The highest BCUT2D eigenvalue weighted by molar-refractivity contribution is 5.78. The fourth-order valence-corrected chi connectivity index (χ4v) is 2.19. The number of hydrogen-bond acceptors (Lipinski definition) is 3. The molecule has 1 heterocycles. The first-order chi connectivity index (χ1) is 11.1. The van der Waals surface area contributed by atoms with Crippen LogP contribution in [0.1, 0.15) is 25.0 Å². The summed E-state index contributed by atoms with van der Waals surface area (Å²) in [6.45, 7) is 5.45. The standard InChI is InChI=1S/C19H24N2O2/c1-15(2)14-23-18-7-5-4-6-17(18)13-21(3)19(22)12-16-8-10-20-11-9-16/h4-11,15H,12-14H2,1-3H3. The van der Waals surface area contributed by atoms with Crippen LogP contribution in [0.25, 0.3) is 0 Å². The fraction of sp³-hybridized carbons (Fsp3) is 0.368. The van der Waals surface area contributed by atoms with Crippen molar-refractivity contribution in [2.45, 2.75) is 26.8 Å². The number of rotatable bonds is 7. The first-order valence-corrected chi connectivity index (χ1v) is 7.90. The van der Waals surface area contributed by atoms with Crippen molar-refractivity contribution in [1.29, 1.82) is 0 Å². The lowest BCUT2D eigenvalue weighted by molar-refractivity contribution is -0.129. The second kappa shape index (κ2) is 8.32. The molecule has 0 fully saturated rings. The molecule has 0 saturated heterocycles. The second-order valence-corrected chi connectivity index (χ2v) is 6.09. The topological polar surface area (TPSA) is 42.4 Å². The number of para-hydroxylation sites is 1. The molecule has 122 valence electrons. The molecule has 0 N–H and O–H groups in total. The molecule has 0 spiro atoms. The van der Waals surface area contributed by atoms with Crippen LogP contribution in [0.3, 0.4) is 0 Å². The van der Waals surface area contributed by atoms with E-state index in [1.54, 1.807) is 17.3 Å². The zero-order valence-corrected chi connectivity index (χ0v) is 14.0. The number of nitrogens with zero attached hydrogens (tertiary/aromatic N) is 2. The number of amides is 1. The number of carbonyl (C=O) groups excluding carboxylic acids is 1. The maximum absolute atomic E-state index is 12.4. The van der Waals surface area contributed by atoms with Crippen molar-refractivity contribution in [3.63, 3.8) is 0 Å². The van der Waals surface area contributed by atoms with E-state index in [0.29, 0.717) is 25.5 Å². The summed E-state index contributed by atoms with van der Waals surface area (Å²) in [6, 6.07) is 11.6. The lowest BCUT2D eigenvalue weighted by Crippen LogP contribution is -2.28. The Labute approximate surface area is 138 Å². The van der Waals surface area contributed by atoms with Crippen molar-refractivity contribution in [3.05, 3.63) is 59.9 Å². The maximum atomic E-state index is 12.4. The van der Waals surface area contributed by atoms with Crippen LogP contribution in [0.2, 0.25) is 0 Å². The van der Waals surface area contributed by atoms with Crippen molar-refractivity contribution < 1.29 is 9.53 Å². The van der Waals surface area contributed by atoms with E-state index in [0.717, 1.165) is 16.9 Å². The smallest absolute Gasteiger partial charge is 0.227 e. The van der Waals surface area contributed by atoms with E-state index in [-0.39, 0.29) is 5.91 Å². The molecule has 0 radical (unpaired) electrons. The van der Waals surface area contributed by atoms with E-state index in [2.05, 4.69) is 18.8 Å². The Bertz CT molecular complexity index is 626. The lowest BCUT2D eigenvalue weighted by Gasteiger charge is -2.20.